The van der Waals surface area contributed by atoms with Gasteiger partial charge in [0, 0.05) is 33.3 Å². The van der Waals surface area contributed by atoms with Gasteiger partial charge in [-0.3, -0.25) is 4.98 Å². The summed E-state index contributed by atoms with van der Waals surface area (Å²) >= 11 is 0. The Morgan fingerprint density at radius 2 is 1.25 bits per heavy atom. The van der Waals surface area contributed by atoms with Gasteiger partial charge in [-0.05, 0) is 84.6 Å². The predicted molar refractivity (Wildman–Crippen MR) is 166 cm³/mol. The van der Waals surface area contributed by atoms with Gasteiger partial charge >= 0.3 is 0 Å². The average Bonchev–Trinajstić information content (AvgIpc) is 3.53. The molecular weight excluding hydrogens is 488 g/mol. The molecule has 3 heterocycles. The lowest BCUT2D eigenvalue weighted by Gasteiger charge is -2.18. The van der Waals surface area contributed by atoms with Crippen molar-refractivity contribution in [1.29, 1.82) is 0 Å². The zero-order chi connectivity index (χ0) is 26.8. The Hall–Kier alpha value is -5.15. The summed E-state index contributed by atoms with van der Waals surface area (Å²) in [5, 5.41) is 4.77. The van der Waals surface area contributed by atoms with Crippen LogP contribution in [0.4, 0.5) is 0 Å². The van der Waals surface area contributed by atoms with Crippen molar-refractivity contribution in [2.75, 3.05) is 0 Å². The highest BCUT2D eigenvalue weighted by Gasteiger charge is 2.19. The van der Waals surface area contributed by atoms with Crippen LogP contribution in [-0.4, -0.2) is 9.55 Å². The van der Waals surface area contributed by atoms with E-state index in [0.29, 0.717) is 0 Å². The van der Waals surface area contributed by atoms with Crippen LogP contribution in [0.15, 0.2) is 126 Å². The minimum Gasteiger partial charge on any atom is -0.456 e. The molecule has 0 aliphatic carbocycles. The van der Waals surface area contributed by atoms with Crippen LogP contribution in [0.25, 0.3) is 71.8 Å². The van der Waals surface area contributed by atoms with Crippen LogP contribution in [-0.2, 0) is 0 Å². The standard InChI is InChI=1S/C37H26N2O/c1-23-10-9-19-38-37(23)30-21-26(25-17-18-36-31(20-25)29-13-5-8-16-35(29)40-36)22-34(24(30)2)39-32-14-6-3-11-27(32)28-12-4-7-15-33(28)39/h3-22H,1-2H3. The number of benzene rings is 5. The number of hydrogen-bond acceptors (Lipinski definition) is 2. The molecule has 3 nitrogen and oxygen atoms in total. The lowest BCUT2D eigenvalue weighted by molar-refractivity contribution is 0.669. The van der Waals surface area contributed by atoms with E-state index in [2.05, 4.69) is 115 Å². The predicted octanol–water partition coefficient (Wildman–Crippen LogP) is 10.0. The number of aromatic nitrogens is 2. The van der Waals surface area contributed by atoms with Crippen molar-refractivity contribution >= 4 is 43.7 Å². The Balaban J connectivity index is 1.47. The maximum atomic E-state index is 6.14. The van der Waals surface area contributed by atoms with Crippen LogP contribution in [0.2, 0.25) is 0 Å². The third-order valence-corrected chi connectivity index (χ3v) is 8.18. The Morgan fingerprint density at radius 3 is 2.00 bits per heavy atom. The zero-order valence-corrected chi connectivity index (χ0v) is 22.3. The van der Waals surface area contributed by atoms with E-state index in [4.69, 9.17) is 9.40 Å². The molecule has 0 spiro atoms. The summed E-state index contributed by atoms with van der Waals surface area (Å²) < 4.78 is 8.55. The maximum absolute atomic E-state index is 6.14. The van der Waals surface area contributed by atoms with Crippen LogP contribution in [0.1, 0.15) is 11.1 Å². The molecule has 8 rings (SSSR count). The molecule has 0 N–H and O–H groups in total. The summed E-state index contributed by atoms with van der Waals surface area (Å²) in [6, 6.07) is 40.9. The number of pyridine rings is 1. The van der Waals surface area contributed by atoms with Gasteiger partial charge in [0.15, 0.2) is 0 Å². The molecule has 190 valence electrons. The quantitative estimate of drug-likeness (QED) is 0.235. The SMILES string of the molecule is Cc1cccnc1-c1cc(-c2ccc3oc4ccccc4c3c2)cc(-n2c3ccccc3c3ccccc32)c1C. The van der Waals surface area contributed by atoms with E-state index < -0.39 is 0 Å². The van der Waals surface area contributed by atoms with Crippen molar-refractivity contribution in [1.82, 2.24) is 9.55 Å². The highest BCUT2D eigenvalue weighted by atomic mass is 16.3. The van der Waals surface area contributed by atoms with E-state index in [1.807, 2.05) is 24.4 Å². The molecule has 3 aromatic heterocycles. The molecule has 0 saturated heterocycles. The van der Waals surface area contributed by atoms with Crippen LogP contribution >= 0.6 is 0 Å². The van der Waals surface area contributed by atoms with E-state index in [9.17, 15) is 0 Å². The summed E-state index contributed by atoms with van der Waals surface area (Å²) in [5.41, 5.74) is 12.2. The fraction of sp³-hybridized carbons (Fsp3) is 0.0541. The normalized spacial score (nSPS) is 11.8. The molecule has 0 unspecified atom stereocenters. The third kappa shape index (κ3) is 3.34. The molecule has 40 heavy (non-hydrogen) atoms. The second kappa shape index (κ2) is 8.69. The Kier molecular flexibility index (Phi) is 4.95. The summed E-state index contributed by atoms with van der Waals surface area (Å²) in [4.78, 5) is 4.85. The minimum absolute atomic E-state index is 0.903. The molecule has 0 saturated carbocycles. The largest absolute Gasteiger partial charge is 0.456 e. The molecule has 8 aromatic rings. The van der Waals surface area contributed by atoms with E-state index in [0.717, 1.165) is 55.6 Å². The van der Waals surface area contributed by atoms with Crippen molar-refractivity contribution in [2.24, 2.45) is 0 Å². The summed E-state index contributed by atoms with van der Waals surface area (Å²) in [5.74, 6) is 0. The van der Waals surface area contributed by atoms with Gasteiger partial charge in [0.25, 0.3) is 0 Å². The minimum atomic E-state index is 0.903. The number of para-hydroxylation sites is 3. The van der Waals surface area contributed by atoms with E-state index in [-0.39, 0.29) is 0 Å². The van der Waals surface area contributed by atoms with Gasteiger partial charge in [-0.15, -0.1) is 0 Å². The first-order valence-corrected chi connectivity index (χ1v) is 13.6. The Bertz CT molecular complexity index is 2200. The molecule has 0 radical (unpaired) electrons. The van der Waals surface area contributed by atoms with Crippen molar-refractivity contribution in [3.05, 3.63) is 133 Å². The number of rotatable bonds is 3. The highest BCUT2D eigenvalue weighted by Crippen LogP contribution is 2.40. The lowest BCUT2D eigenvalue weighted by atomic mass is 9.93. The molecular formula is C37H26N2O. The van der Waals surface area contributed by atoms with Crippen molar-refractivity contribution in [2.45, 2.75) is 13.8 Å². The van der Waals surface area contributed by atoms with Crippen molar-refractivity contribution < 1.29 is 4.42 Å². The first kappa shape index (κ1) is 22.8. The summed E-state index contributed by atoms with van der Waals surface area (Å²) in [6.07, 6.45) is 1.89. The van der Waals surface area contributed by atoms with Gasteiger partial charge in [-0.1, -0.05) is 66.7 Å². The number of furan rings is 1. The van der Waals surface area contributed by atoms with Crippen LogP contribution in [0.5, 0.6) is 0 Å². The van der Waals surface area contributed by atoms with E-state index in [1.54, 1.807) is 0 Å². The number of aryl methyl sites for hydroxylation is 1. The second-order valence-corrected chi connectivity index (χ2v) is 10.5. The molecule has 0 fully saturated rings. The topological polar surface area (TPSA) is 31.0 Å². The first-order valence-electron chi connectivity index (χ1n) is 13.6. The van der Waals surface area contributed by atoms with Gasteiger partial charge in [0.2, 0.25) is 0 Å². The number of hydrogen-bond donors (Lipinski definition) is 0. The molecule has 0 bridgehead atoms. The molecule has 0 aliphatic heterocycles. The van der Waals surface area contributed by atoms with E-state index in [1.165, 1.54) is 27.4 Å². The van der Waals surface area contributed by atoms with Crippen molar-refractivity contribution in [3.63, 3.8) is 0 Å². The van der Waals surface area contributed by atoms with Crippen LogP contribution in [0, 0.1) is 13.8 Å². The van der Waals surface area contributed by atoms with Gasteiger partial charge in [-0.25, -0.2) is 0 Å². The average molecular weight is 515 g/mol. The van der Waals surface area contributed by atoms with E-state index >= 15 is 0 Å². The lowest BCUT2D eigenvalue weighted by Crippen LogP contribution is -2.01. The third-order valence-electron chi connectivity index (χ3n) is 8.18. The fourth-order valence-corrected chi connectivity index (χ4v) is 6.20. The molecule has 0 atom stereocenters. The smallest absolute Gasteiger partial charge is 0.135 e. The molecule has 0 amide bonds. The second-order valence-electron chi connectivity index (χ2n) is 10.5. The van der Waals surface area contributed by atoms with Crippen molar-refractivity contribution in [3.8, 4) is 28.1 Å². The summed E-state index contributed by atoms with van der Waals surface area (Å²) in [7, 11) is 0. The Morgan fingerprint density at radius 1 is 0.575 bits per heavy atom. The highest BCUT2D eigenvalue weighted by molar-refractivity contribution is 6.10. The Labute approximate surface area is 231 Å². The number of fused-ring (bicyclic) bond motifs is 6. The van der Waals surface area contributed by atoms with Crippen LogP contribution in [0.3, 0.4) is 0 Å². The van der Waals surface area contributed by atoms with Gasteiger partial charge < -0.3 is 8.98 Å². The maximum Gasteiger partial charge on any atom is 0.135 e. The summed E-state index contributed by atoms with van der Waals surface area (Å²) in [6.45, 7) is 4.36. The molecule has 0 aliphatic rings. The first-order chi connectivity index (χ1) is 19.7. The van der Waals surface area contributed by atoms with Gasteiger partial charge in [0.1, 0.15) is 11.2 Å². The number of nitrogens with zero attached hydrogens (tertiary/aromatic N) is 2. The van der Waals surface area contributed by atoms with Crippen LogP contribution < -0.4 is 0 Å². The monoisotopic (exact) mass is 514 g/mol. The zero-order valence-electron chi connectivity index (χ0n) is 22.3. The molecule has 5 aromatic carbocycles. The molecule has 3 heteroatoms. The van der Waals surface area contributed by atoms with Gasteiger partial charge in [-0.2, -0.15) is 0 Å². The fourth-order valence-electron chi connectivity index (χ4n) is 6.20. The van der Waals surface area contributed by atoms with Gasteiger partial charge in [0.05, 0.1) is 22.4 Å².